The molecule has 2 aromatic heterocycles. The molecular formula is C19H25N5O3S. The molecule has 0 aliphatic carbocycles. The fourth-order valence-corrected chi connectivity index (χ4v) is 5.16. The summed E-state index contributed by atoms with van der Waals surface area (Å²) in [4.78, 5) is 37.2. The third-order valence-corrected chi connectivity index (χ3v) is 6.80. The van der Waals surface area contributed by atoms with Gasteiger partial charge in [0.1, 0.15) is 23.0 Å². The Kier molecular flexibility index (Phi) is 5.45. The quantitative estimate of drug-likeness (QED) is 0.717. The highest BCUT2D eigenvalue weighted by Crippen LogP contribution is 2.35. The number of amides is 2. The number of aliphatic hydroxyl groups excluding tert-OH is 1. The maximum absolute atomic E-state index is 13.1. The zero-order chi connectivity index (χ0) is 19.7. The van der Waals surface area contributed by atoms with Gasteiger partial charge in [-0.2, -0.15) is 0 Å². The molecule has 3 N–H and O–H groups in total. The number of anilines is 1. The van der Waals surface area contributed by atoms with E-state index in [4.69, 9.17) is 0 Å². The fraction of sp³-hybridized carbons (Fsp3) is 0.579. The Labute approximate surface area is 167 Å². The number of hydrogen-bond donors (Lipinski definition) is 3. The third-order valence-electron chi connectivity index (χ3n) is 5.62. The van der Waals surface area contributed by atoms with Crippen LogP contribution >= 0.6 is 11.3 Å². The molecule has 4 heterocycles. The second kappa shape index (κ2) is 8.00. The van der Waals surface area contributed by atoms with Crippen LogP contribution in [-0.4, -0.2) is 63.6 Å². The van der Waals surface area contributed by atoms with Gasteiger partial charge in [0.25, 0.3) is 5.91 Å². The van der Waals surface area contributed by atoms with Crippen molar-refractivity contribution < 1.29 is 14.7 Å². The number of rotatable bonds is 4. The molecule has 2 amide bonds. The summed E-state index contributed by atoms with van der Waals surface area (Å²) >= 11 is 1.35. The van der Waals surface area contributed by atoms with Crippen molar-refractivity contribution in [1.82, 2.24) is 20.2 Å². The molecule has 2 aliphatic heterocycles. The van der Waals surface area contributed by atoms with Gasteiger partial charge in [0.05, 0.1) is 22.9 Å². The summed E-state index contributed by atoms with van der Waals surface area (Å²) in [6, 6.07) is -0.452. The van der Waals surface area contributed by atoms with Gasteiger partial charge in [-0.25, -0.2) is 9.97 Å². The van der Waals surface area contributed by atoms with E-state index >= 15 is 0 Å². The number of aliphatic hydroxyl groups is 1. The van der Waals surface area contributed by atoms with Crippen molar-refractivity contribution in [3.05, 3.63) is 16.8 Å². The topological polar surface area (TPSA) is 107 Å². The average molecular weight is 404 g/mol. The van der Waals surface area contributed by atoms with Crippen molar-refractivity contribution in [1.29, 1.82) is 0 Å². The Morgan fingerprint density at radius 2 is 2.21 bits per heavy atom. The summed E-state index contributed by atoms with van der Waals surface area (Å²) in [6.07, 6.45) is 5.89. The predicted octanol–water partition coefficient (Wildman–Crippen LogP) is 1.68. The van der Waals surface area contributed by atoms with Gasteiger partial charge in [-0.05, 0) is 44.6 Å². The van der Waals surface area contributed by atoms with Gasteiger partial charge < -0.3 is 20.6 Å². The molecule has 2 atom stereocenters. The lowest BCUT2D eigenvalue weighted by molar-refractivity contribution is -0.121. The molecule has 2 aromatic rings. The van der Waals surface area contributed by atoms with Crippen molar-refractivity contribution in [2.75, 3.05) is 25.0 Å². The zero-order valence-corrected chi connectivity index (χ0v) is 16.7. The number of carbonyl (C=O) groups is 2. The molecule has 2 fully saturated rings. The highest BCUT2D eigenvalue weighted by molar-refractivity contribution is 7.20. The molecule has 2 saturated heterocycles. The molecule has 0 bridgehead atoms. The number of nitrogens with zero attached hydrogens (tertiary/aromatic N) is 3. The Morgan fingerprint density at radius 1 is 1.36 bits per heavy atom. The number of aromatic nitrogens is 2. The van der Waals surface area contributed by atoms with E-state index in [-0.39, 0.29) is 30.5 Å². The predicted molar refractivity (Wildman–Crippen MR) is 108 cm³/mol. The number of aryl methyl sites for hydroxylation is 1. The summed E-state index contributed by atoms with van der Waals surface area (Å²) in [7, 11) is 0. The fourth-order valence-electron chi connectivity index (χ4n) is 4.05. The van der Waals surface area contributed by atoms with Crippen molar-refractivity contribution >= 4 is 39.2 Å². The Morgan fingerprint density at radius 3 is 3.04 bits per heavy atom. The van der Waals surface area contributed by atoms with Crippen molar-refractivity contribution in [3.8, 4) is 0 Å². The first-order chi connectivity index (χ1) is 13.6. The molecule has 0 radical (unpaired) electrons. The Hall–Kier alpha value is -2.26. The molecule has 28 heavy (non-hydrogen) atoms. The third kappa shape index (κ3) is 3.44. The summed E-state index contributed by atoms with van der Waals surface area (Å²) in [5.41, 5.74) is 0.825. The molecule has 4 rings (SSSR count). The monoisotopic (exact) mass is 403 g/mol. The van der Waals surface area contributed by atoms with Crippen LogP contribution in [0.1, 0.15) is 47.3 Å². The first-order valence-electron chi connectivity index (χ1n) is 9.80. The van der Waals surface area contributed by atoms with E-state index < -0.39 is 0 Å². The van der Waals surface area contributed by atoms with Crippen LogP contribution in [0.25, 0.3) is 10.2 Å². The molecule has 9 heteroatoms. The smallest absolute Gasteiger partial charge is 0.264 e. The van der Waals surface area contributed by atoms with Crippen LogP contribution in [0.3, 0.4) is 0 Å². The van der Waals surface area contributed by atoms with Crippen LogP contribution in [0, 0.1) is 6.92 Å². The first kappa shape index (κ1) is 19.1. The SMILES string of the molecule is Cc1c(C(=O)N2CCC[C@H]2CO)sc2ncnc(N[C@H]3CCCCNC3=O)c12. The summed E-state index contributed by atoms with van der Waals surface area (Å²) in [5, 5.41) is 16.6. The van der Waals surface area contributed by atoms with Gasteiger partial charge >= 0.3 is 0 Å². The number of carbonyl (C=O) groups excluding carboxylic acids is 2. The van der Waals surface area contributed by atoms with E-state index in [0.717, 1.165) is 47.9 Å². The highest BCUT2D eigenvalue weighted by Gasteiger charge is 2.32. The van der Waals surface area contributed by atoms with Crippen LogP contribution in [0.4, 0.5) is 5.82 Å². The van der Waals surface area contributed by atoms with Crippen LogP contribution in [0.5, 0.6) is 0 Å². The van der Waals surface area contributed by atoms with E-state index in [2.05, 4.69) is 20.6 Å². The Balaban J connectivity index is 1.66. The minimum absolute atomic E-state index is 0.0148. The van der Waals surface area contributed by atoms with Crippen LogP contribution in [-0.2, 0) is 4.79 Å². The normalized spacial score (nSPS) is 22.9. The maximum atomic E-state index is 13.1. The first-order valence-corrected chi connectivity index (χ1v) is 10.6. The van der Waals surface area contributed by atoms with Gasteiger partial charge in [0.15, 0.2) is 0 Å². The summed E-state index contributed by atoms with van der Waals surface area (Å²) < 4.78 is 0. The van der Waals surface area contributed by atoms with Gasteiger partial charge in [-0.1, -0.05) is 0 Å². The number of nitrogens with one attached hydrogen (secondary N) is 2. The molecule has 150 valence electrons. The molecule has 0 spiro atoms. The summed E-state index contributed by atoms with van der Waals surface area (Å²) in [6.45, 7) is 3.25. The standard InChI is InChI=1S/C19H25N5O3S/c1-11-14-16(23-13-6-2-3-7-20-17(13)26)21-10-22-18(14)28-15(11)19(27)24-8-4-5-12(24)9-25/h10,12-13,25H,2-9H2,1H3,(H,20,26)(H,21,22,23)/t12-,13-/m0/s1. The van der Waals surface area contributed by atoms with Crippen LogP contribution < -0.4 is 10.6 Å². The zero-order valence-electron chi connectivity index (χ0n) is 15.9. The maximum Gasteiger partial charge on any atom is 0.264 e. The van der Waals surface area contributed by atoms with Crippen LogP contribution in [0.15, 0.2) is 6.33 Å². The number of fused-ring (bicyclic) bond motifs is 1. The average Bonchev–Trinajstić information content (AvgIpc) is 3.25. The second-order valence-corrected chi connectivity index (χ2v) is 8.42. The van der Waals surface area contributed by atoms with Gasteiger partial charge in [0, 0.05) is 13.1 Å². The molecule has 0 saturated carbocycles. The number of thiophene rings is 1. The second-order valence-electron chi connectivity index (χ2n) is 7.42. The molecule has 0 unspecified atom stereocenters. The number of likely N-dealkylation sites (tertiary alicyclic amines) is 1. The molecular weight excluding hydrogens is 378 g/mol. The lowest BCUT2D eigenvalue weighted by Gasteiger charge is -2.22. The van der Waals surface area contributed by atoms with E-state index in [1.807, 2.05) is 6.92 Å². The van der Waals surface area contributed by atoms with Gasteiger partial charge in [-0.15, -0.1) is 11.3 Å². The van der Waals surface area contributed by atoms with E-state index in [1.54, 1.807) is 4.90 Å². The highest BCUT2D eigenvalue weighted by atomic mass is 32.1. The number of hydrogen-bond acceptors (Lipinski definition) is 7. The van der Waals surface area contributed by atoms with Crippen molar-refractivity contribution in [2.24, 2.45) is 0 Å². The molecule has 2 aliphatic rings. The Bertz CT molecular complexity index is 899. The van der Waals surface area contributed by atoms with Crippen LogP contribution in [0.2, 0.25) is 0 Å². The molecule has 0 aromatic carbocycles. The van der Waals surface area contributed by atoms with Gasteiger partial charge in [0.2, 0.25) is 5.91 Å². The van der Waals surface area contributed by atoms with E-state index in [0.29, 0.717) is 23.8 Å². The molecule has 8 nitrogen and oxygen atoms in total. The largest absolute Gasteiger partial charge is 0.394 e. The minimum atomic E-state index is -0.337. The van der Waals surface area contributed by atoms with E-state index in [9.17, 15) is 14.7 Å². The van der Waals surface area contributed by atoms with Gasteiger partial charge in [-0.3, -0.25) is 9.59 Å². The summed E-state index contributed by atoms with van der Waals surface area (Å²) in [5.74, 6) is 0.520. The minimum Gasteiger partial charge on any atom is -0.394 e. The van der Waals surface area contributed by atoms with Crippen molar-refractivity contribution in [2.45, 2.75) is 51.1 Å². The van der Waals surface area contributed by atoms with Crippen molar-refractivity contribution in [3.63, 3.8) is 0 Å². The lowest BCUT2D eigenvalue weighted by atomic mass is 10.1. The lowest BCUT2D eigenvalue weighted by Crippen LogP contribution is -2.38. The van der Waals surface area contributed by atoms with E-state index in [1.165, 1.54) is 17.7 Å².